The predicted octanol–water partition coefficient (Wildman–Crippen LogP) is 9.67. The first-order chi connectivity index (χ1) is 32.2. The van der Waals surface area contributed by atoms with Gasteiger partial charge in [-0.2, -0.15) is 0 Å². The van der Waals surface area contributed by atoms with Gasteiger partial charge in [-0.05, 0) is 86.5 Å². The van der Waals surface area contributed by atoms with E-state index in [1.807, 2.05) is 48.5 Å². The van der Waals surface area contributed by atoms with Crippen LogP contribution in [0.15, 0.2) is 0 Å². The summed E-state index contributed by atoms with van der Waals surface area (Å²) in [6, 6.07) is 0. The number of esters is 6. The summed E-state index contributed by atoms with van der Waals surface area (Å²) < 4.78 is 65.3. The summed E-state index contributed by atoms with van der Waals surface area (Å²) in [7, 11) is -2.06. The van der Waals surface area contributed by atoms with Crippen LogP contribution in [0.25, 0.3) is 0 Å². The third-order valence-corrected chi connectivity index (χ3v) is 18.2. The molecule has 0 aromatic rings. The van der Waals surface area contributed by atoms with Crippen LogP contribution in [0, 0.1) is 39.4 Å². The number of carbonyl (C=O) groups excluding carboxylic acids is 7. The Morgan fingerprint density at radius 2 is 0.855 bits per heavy atom. The summed E-state index contributed by atoms with van der Waals surface area (Å²) in [6.45, 7) is 16.9. The van der Waals surface area contributed by atoms with E-state index in [9.17, 15) is 47.1 Å². The van der Waals surface area contributed by atoms with E-state index in [-0.39, 0.29) is 118 Å². The zero-order valence-corrected chi connectivity index (χ0v) is 43.9. The third-order valence-electron chi connectivity index (χ3n) is 17.6. The average Bonchev–Trinajstić information content (AvgIpc) is 3.58. The minimum atomic E-state index is -3.75. The molecule has 18 nitrogen and oxygen atoms in total. The molecule has 0 aromatic heterocycles. The molecule has 0 spiro atoms. The smallest absolute Gasteiger partial charge is 0.312 e. The molecule has 2 N–H and O–H groups in total. The van der Waals surface area contributed by atoms with Crippen LogP contribution in [0.2, 0.25) is 0 Å². The monoisotopic (exact) mass is 1100 g/mol. The Morgan fingerprint density at radius 1 is 0.526 bits per heavy atom. The van der Waals surface area contributed by atoms with Crippen LogP contribution in [-0.4, -0.2) is 115 Å². The van der Waals surface area contributed by atoms with Gasteiger partial charge in [-0.1, -0.05) is 65.3 Å². The highest BCUT2D eigenvalue weighted by Crippen LogP contribution is 2.59. The molecule has 12 rings (SSSR count). The lowest BCUT2D eigenvalue weighted by Crippen LogP contribution is -2.59. The van der Waals surface area contributed by atoms with Gasteiger partial charge in [0.2, 0.25) is 15.9 Å². The molecule has 76 heavy (non-hydrogen) atoms. The molecule has 0 aromatic carbocycles. The van der Waals surface area contributed by atoms with Crippen molar-refractivity contribution in [1.29, 1.82) is 0 Å². The van der Waals surface area contributed by atoms with E-state index in [1.165, 1.54) is 0 Å². The molecule has 1 amide bonds. The molecule has 6 aliphatic carbocycles. The molecule has 12 atom stereocenters. The lowest BCUT2D eigenvalue weighted by atomic mass is 9.56. The summed E-state index contributed by atoms with van der Waals surface area (Å²) >= 11 is 0. The fraction of sp³-hybridized carbons (Fsp3) is 0.877. The SMILES string of the molecule is C.C.C.C.C.C.CCC(C)(C)C(=O)OC12CC3CC(C(=O)NS(C)(=O)=O)(CC(C1)C(=O)O3)C2.CCC(C)(C)C(=O)OC12CC3CC(O)(CC(C1)C(=O)O3)C2.CCC(C)(C)C(=O)OC12CC3CC(OC)(CC(C1)C(=O)O3)C2. The van der Waals surface area contributed by atoms with Crippen LogP contribution in [0.4, 0.5) is 0 Å². The second kappa shape index (κ2) is 23.9. The largest absolute Gasteiger partial charge is 0.462 e. The van der Waals surface area contributed by atoms with Crippen molar-refractivity contribution in [3.8, 4) is 0 Å². The molecule has 6 saturated heterocycles. The summed E-state index contributed by atoms with van der Waals surface area (Å²) in [4.78, 5) is 87.2. The van der Waals surface area contributed by atoms with Crippen molar-refractivity contribution in [2.45, 2.75) is 269 Å². The number of fused-ring (bicyclic) bond motifs is 3. The van der Waals surface area contributed by atoms with Crippen LogP contribution in [0.1, 0.15) is 222 Å². The Morgan fingerprint density at radius 3 is 1.25 bits per heavy atom. The highest BCUT2D eigenvalue weighted by Gasteiger charge is 2.65. The van der Waals surface area contributed by atoms with Gasteiger partial charge in [0.05, 0.1) is 56.9 Å². The standard InChI is InChI=1S/C18H27NO7S.C17H26O5.C16H24O5.6CH4/c1-5-16(2,3)15(22)26-18-7-11-6-17(10-18,14(21)19-27(4,23)24)8-12(9-18)25-13(11)20;1-5-15(2,3)14(19)22-17-7-11-6-16(10-17,20-4)8-12(9-17)21-13(11)18;1-4-14(2,3)13(18)21-16-6-10-5-15(19,9-16)7-11(8-16)20-12(10)17;;;;;;/h11-12H,5-10H2,1-4H3,(H,19,21);11-12H,5-10H2,1-4H3;10-11,19H,4-9H2,1-3H3;6*1H4. The molecule has 12 aliphatic rings. The highest BCUT2D eigenvalue weighted by molar-refractivity contribution is 7.89. The molecule has 6 saturated carbocycles. The fourth-order valence-electron chi connectivity index (χ4n) is 13.0. The van der Waals surface area contributed by atoms with Crippen LogP contribution in [-0.2, 0) is 76.7 Å². The van der Waals surface area contributed by atoms with E-state index in [1.54, 1.807) is 21.0 Å². The van der Waals surface area contributed by atoms with Crippen molar-refractivity contribution >= 4 is 51.7 Å². The zero-order chi connectivity index (χ0) is 51.9. The second-order valence-electron chi connectivity index (χ2n) is 24.8. The molecular weight excluding hydrogens is 1000 g/mol. The van der Waals surface area contributed by atoms with Gasteiger partial charge < -0.3 is 38.3 Å². The number of nitrogens with one attached hydrogen (secondary N) is 1. The number of aliphatic hydroxyl groups is 1. The van der Waals surface area contributed by atoms with Crippen molar-refractivity contribution in [3.63, 3.8) is 0 Å². The Bertz CT molecular complexity index is 2260. The Balaban J connectivity index is 0.000000553. The average molecular weight is 1100 g/mol. The van der Waals surface area contributed by atoms with Gasteiger partial charge in [-0.25, -0.2) is 8.42 Å². The maximum Gasteiger partial charge on any atom is 0.312 e. The van der Waals surface area contributed by atoms with Gasteiger partial charge in [0.15, 0.2) is 0 Å². The van der Waals surface area contributed by atoms with Crippen molar-refractivity contribution in [2.24, 2.45) is 39.4 Å². The number of amides is 1. The molecule has 0 radical (unpaired) electrons. The number of hydrogen-bond donors (Lipinski definition) is 2. The first kappa shape index (κ1) is 70.2. The molecular formula is C57H101NO17S. The van der Waals surface area contributed by atoms with Gasteiger partial charge in [0.1, 0.15) is 35.1 Å². The summed E-state index contributed by atoms with van der Waals surface area (Å²) in [5, 5.41) is 10.7. The third kappa shape index (κ3) is 14.1. The van der Waals surface area contributed by atoms with E-state index in [2.05, 4.69) is 4.72 Å². The normalized spacial score (nSPS) is 35.7. The van der Waals surface area contributed by atoms with E-state index < -0.39 is 83.6 Å². The number of hydrogen-bond acceptors (Lipinski definition) is 17. The van der Waals surface area contributed by atoms with Crippen LogP contribution < -0.4 is 4.72 Å². The van der Waals surface area contributed by atoms with Crippen LogP contribution in [0.5, 0.6) is 0 Å². The first-order valence-corrected chi connectivity index (χ1v) is 27.2. The van der Waals surface area contributed by atoms with Gasteiger partial charge in [0, 0.05) is 77.7 Å². The van der Waals surface area contributed by atoms with Gasteiger partial charge in [-0.15, -0.1) is 0 Å². The lowest BCUT2D eigenvalue weighted by molar-refractivity contribution is -0.208. The number of sulfonamides is 1. The van der Waals surface area contributed by atoms with E-state index in [0.717, 1.165) is 12.7 Å². The first-order valence-electron chi connectivity index (χ1n) is 25.3. The van der Waals surface area contributed by atoms with Crippen molar-refractivity contribution in [2.75, 3.05) is 13.4 Å². The Labute approximate surface area is 456 Å². The molecule has 6 heterocycles. The number of ether oxygens (including phenoxy) is 7. The van der Waals surface area contributed by atoms with Crippen molar-refractivity contribution in [1.82, 2.24) is 4.72 Å². The van der Waals surface area contributed by atoms with E-state index in [0.29, 0.717) is 89.9 Å². The maximum absolute atomic E-state index is 12.9. The molecule has 6 aliphatic heterocycles. The molecule has 12 bridgehead atoms. The van der Waals surface area contributed by atoms with Gasteiger partial charge in [-0.3, -0.25) is 38.3 Å². The minimum Gasteiger partial charge on any atom is -0.462 e. The van der Waals surface area contributed by atoms with Crippen LogP contribution in [0.3, 0.4) is 0 Å². The topological polar surface area (TPSA) is 250 Å². The second-order valence-corrected chi connectivity index (χ2v) is 26.5. The molecule has 12 fully saturated rings. The van der Waals surface area contributed by atoms with Gasteiger partial charge in [0.25, 0.3) is 0 Å². The predicted molar refractivity (Wildman–Crippen MR) is 289 cm³/mol. The van der Waals surface area contributed by atoms with Crippen molar-refractivity contribution < 1.29 is 80.2 Å². The number of rotatable bonds is 12. The van der Waals surface area contributed by atoms with E-state index >= 15 is 0 Å². The Hall–Kier alpha value is -3.84. The number of carbonyl (C=O) groups is 7. The van der Waals surface area contributed by atoms with E-state index in [4.69, 9.17) is 33.2 Å². The van der Waals surface area contributed by atoms with Crippen LogP contribution >= 0.6 is 0 Å². The lowest BCUT2D eigenvalue weighted by Gasteiger charge is -2.52. The summed E-state index contributed by atoms with van der Waals surface area (Å²) in [6.07, 6.45) is 8.67. The molecule has 442 valence electrons. The van der Waals surface area contributed by atoms with Gasteiger partial charge >= 0.3 is 35.8 Å². The Kier molecular flexibility index (Phi) is 22.0. The zero-order valence-electron chi connectivity index (χ0n) is 43.1. The summed E-state index contributed by atoms with van der Waals surface area (Å²) in [5.74, 6) is -3.42. The maximum atomic E-state index is 12.9. The molecule has 19 heteroatoms. The summed E-state index contributed by atoms with van der Waals surface area (Å²) in [5.41, 5.74) is -6.52. The quantitative estimate of drug-likeness (QED) is 0.136. The molecule has 12 unspecified atom stereocenters. The minimum absolute atomic E-state index is 0. The van der Waals surface area contributed by atoms with Crippen molar-refractivity contribution in [3.05, 3.63) is 0 Å². The fourth-order valence-corrected chi connectivity index (χ4v) is 13.5. The number of methoxy groups -OCH3 is 1. The highest BCUT2D eigenvalue weighted by atomic mass is 32.2.